The van der Waals surface area contributed by atoms with Crippen molar-refractivity contribution in [2.24, 2.45) is 0 Å². The lowest BCUT2D eigenvalue weighted by atomic mass is 10.1. The van der Waals surface area contributed by atoms with Crippen LogP contribution in [0.25, 0.3) is 0 Å². The zero-order chi connectivity index (χ0) is 19.4. The van der Waals surface area contributed by atoms with Gasteiger partial charge in [0.05, 0.1) is 4.90 Å². The zero-order valence-electron chi connectivity index (χ0n) is 14.6. The summed E-state index contributed by atoms with van der Waals surface area (Å²) in [5, 5.41) is 4.18. The van der Waals surface area contributed by atoms with Crippen LogP contribution in [0.4, 0.5) is 0 Å². The van der Waals surface area contributed by atoms with Crippen LogP contribution in [-0.2, 0) is 9.84 Å². The summed E-state index contributed by atoms with van der Waals surface area (Å²) in [6, 6.07) is 16.8. The quantitative estimate of drug-likeness (QED) is 0.632. The normalized spacial score (nSPS) is 12.5. The van der Waals surface area contributed by atoms with E-state index >= 15 is 0 Å². The third-order valence-corrected chi connectivity index (χ3v) is 7.59. The predicted molar refractivity (Wildman–Crippen MR) is 109 cm³/mol. The second kappa shape index (κ2) is 8.25. The maximum Gasteiger partial charge on any atom is 0.251 e. The average molecular weight is 420 g/mol. The molecule has 0 saturated heterocycles. The van der Waals surface area contributed by atoms with E-state index in [4.69, 9.17) is 11.6 Å². The Kier molecular flexibility index (Phi) is 5.99. The molecule has 0 aliphatic carbocycles. The van der Waals surface area contributed by atoms with Crippen molar-refractivity contribution in [1.29, 1.82) is 0 Å². The summed E-state index contributed by atoms with van der Waals surface area (Å²) in [5.41, 5.74) is 1.47. The molecular formula is C20H18ClNO3S2. The van der Waals surface area contributed by atoms with Gasteiger partial charge in [0, 0.05) is 22.0 Å². The minimum Gasteiger partial charge on any atom is -0.350 e. The van der Waals surface area contributed by atoms with Crippen molar-refractivity contribution in [3.8, 4) is 0 Å². The van der Waals surface area contributed by atoms with Crippen LogP contribution in [0.2, 0.25) is 5.02 Å². The summed E-state index contributed by atoms with van der Waals surface area (Å²) in [6.07, 6.45) is 0. The second-order valence-electron chi connectivity index (χ2n) is 6.08. The Balaban J connectivity index is 1.86. The van der Waals surface area contributed by atoms with Crippen LogP contribution >= 0.6 is 22.9 Å². The molecule has 1 atom stereocenters. The molecule has 140 valence electrons. The molecule has 27 heavy (non-hydrogen) atoms. The first kappa shape index (κ1) is 19.6. The molecule has 1 aromatic heterocycles. The lowest BCUT2D eigenvalue weighted by Crippen LogP contribution is -2.31. The molecule has 3 rings (SSSR count). The Hall–Kier alpha value is -2.15. The van der Waals surface area contributed by atoms with Gasteiger partial charge in [0.2, 0.25) is 0 Å². The molecule has 1 unspecified atom stereocenters. The van der Waals surface area contributed by atoms with Crippen molar-refractivity contribution in [3.05, 3.63) is 87.1 Å². The van der Waals surface area contributed by atoms with Crippen molar-refractivity contribution in [2.75, 3.05) is 6.54 Å². The molecule has 0 spiro atoms. The fourth-order valence-electron chi connectivity index (χ4n) is 2.70. The van der Waals surface area contributed by atoms with Gasteiger partial charge < -0.3 is 5.32 Å². The molecule has 1 amide bonds. The van der Waals surface area contributed by atoms with Gasteiger partial charge in [-0.05, 0) is 54.8 Å². The fourth-order valence-corrected chi connectivity index (χ4v) is 5.61. The molecule has 1 N–H and O–H groups in total. The second-order valence-corrected chi connectivity index (χ2v) is 9.63. The van der Waals surface area contributed by atoms with Gasteiger partial charge in [0.1, 0.15) is 5.25 Å². The molecule has 1 heterocycles. The number of aryl methyl sites for hydroxylation is 1. The number of hydrogen-bond donors (Lipinski definition) is 1. The number of rotatable bonds is 6. The van der Waals surface area contributed by atoms with E-state index < -0.39 is 15.1 Å². The Morgan fingerprint density at radius 3 is 2.48 bits per heavy atom. The van der Waals surface area contributed by atoms with Crippen molar-refractivity contribution >= 4 is 38.7 Å². The molecule has 0 radical (unpaired) electrons. The first-order valence-corrected chi connectivity index (χ1v) is 11.1. The van der Waals surface area contributed by atoms with Gasteiger partial charge in [-0.25, -0.2) is 8.42 Å². The Morgan fingerprint density at radius 2 is 1.85 bits per heavy atom. The van der Waals surface area contributed by atoms with E-state index in [0.29, 0.717) is 15.5 Å². The summed E-state index contributed by atoms with van der Waals surface area (Å²) in [4.78, 5) is 13.3. The number of nitrogens with one attached hydrogen (secondary N) is 1. The zero-order valence-corrected chi connectivity index (χ0v) is 16.9. The van der Waals surface area contributed by atoms with Crippen molar-refractivity contribution in [3.63, 3.8) is 0 Å². The smallest absolute Gasteiger partial charge is 0.251 e. The highest BCUT2D eigenvalue weighted by atomic mass is 35.5. The van der Waals surface area contributed by atoms with Gasteiger partial charge in [-0.1, -0.05) is 35.4 Å². The number of halogens is 1. The number of sulfone groups is 1. The third kappa shape index (κ3) is 4.58. The third-order valence-electron chi connectivity index (χ3n) is 4.11. The van der Waals surface area contributed by atoms with Crippen LogP contribution in [0, 0.1) is 6.92 Å². The molecule has 0 aliphatic rings. The van der Waals surface area contributed by atoms with Gasteiger partial charge in [-0.15, -0.1) is 11.3 Å². The minimum absolute atomic E-state index is 0.0156. The highest BCUT2D eigenvalue weighted by Crippen LogP contribution is 2.32. The fraction of sp³-hybridized carbons (Fsp3) is 0.150. The first-order valence-electron chi connectivity index (χ1n) is 8.25. The minimum atomic E-state index is -3.69. The summed E-state index contributed by atoms with van der Waals surface area (Å²) >= 11 is 7.22. The van der Waals surface area contributed by atoms with Crippen LogP contribution in [-0.4, -0.2) is 20.9 Å². The standard InChI is InChI=1S/C20H18ClNO3S2/c1-14-4-2-5-15(12-14)20(23)22-13-19(18-6-3-11-26-18)27(24,25)17-9-7-16(21)8-10-17/h2-12,19H,13H2,1H3,(H,22,23). The molecule has 7 heteroatoms. The maximum atomic E-state index is 13.2. The van der Waals surface area contributed by atoms with Crippen molar-refractivity contribution < 1.29 is 13.2 Å². The summed E-state index contributed by atoms with van der Waals surface area (Å²) < 4.78 is 26.3. The van der Waals surface area contributed by atoms with E-state index in [0.717, 1.165) is 5.56 Å². The molecule has 0 fully saturated rings. The van der Waals surface area contributed by atoms with Crippen LogP contribution in [0.1, 0.15) is 26.0 Å². The largest absolute Gasteiger partial charge is 0.350 e. The molecule has 0 saturated carbocycles. The number of amides is 1. The maximum absolute atomic E-state index is 13.2. The number of hydrogen-bond acceptors (Lipinski definition) is 4. The van der Waals surface area contributed by atoms with Gasteiger partial charge in [-0.3, -0.25) is 4.79 Å². The van der Waals surface area contributed by atoms with Crippen LogP contribution in [0.15, 0.2) is 70.9 Å². The lowest BCUT2D eigenvalue weighted by molar-refractivity contribution is 0.0953. The summed E-state index contributed by atoms with van der Waals surface area (Å²) in [7, 11) is -3.69. The van der Waals surface area contributed by atoms with Crippen LogP contribution in [0.5, 0.6) is 0 Å². The van der Waals surface area contributed by atoms with E-state index in [-0.39, 0.29) is 17.3 Å². The lowest BCUT2D eigenvalue weighted by Gasteiger charge is -2.17. The highest BCUT2D eigenvalue weighted by Gasteiger charge is 2.30. The first-order chi connectivity index (χ1) is 12.9. The molecule has 4 nitrogen and oxygen atoms in total. The molecule has 0 bridgehead atoms. The number of carbonyl (C=O) groups excluding carboxylic acids is 1. The van der Waals surface area contributed by atoms with Crippen molar-refractivity contribution in [1.82, 2.24) is 5.32 Å². The van der Waals surface area contributed by atoms with E-state index in [9.17, 15) is 13.2 Å². The van der Waals surface area contributed by atoms with Gasteiger partial charge in [0.25, 0.3) is 5.91 Å². The molecule has 3 aromatic rings. The number of thiophene rings is 1. The highest BCUT2D eigenvalue weighted by molar-refractivity contribution is 7.91. The average Bonchev–Trinajstić information content (AvgIpc) is 3.16. The Morgan fingerprint density at radius 1 is 1.11 bits per heavy atom. The SMILES string of the molecule is Cc1cccc(C(=O)NCC(c2cccs2)S(=O)(=O)c2ccc(Cl)cc2)c1. The number of carbonyl (C=O) groups is 1. The van der Waals surface area contributed by atoms with Gasteiger partial charge in [-0.2, -0.15) is 0 Å². The van der Waals surface area contributed by atoms with E-state index in [1.165, 1.54) is 23.5 Å². The summed E-state index contributed by atoms with van der Waals surface area (Å²) in [6.45, 7) is 1.88. The monoisotopic (exact) mass is 419 g/mol. The summed E-state index contributed by atoms with van der Waals surface area (Å²) in [5.74, 6) is -0.299. The molecule has 0 aliphatic heterocycles. The van der Waals surface area contributed by atoms with Crippen LogP contribution in [0.3, 0.4) is 0 Å². The van der Waals surface area contributed by atoms with Gasteiger partial charge in [0.15, 0.2) is 9.84 Å². The predicted octanol–water partition coefficient (Wildman–Crippen LogP) is 4.65. The molecular weight excluding hydrogens is 402 g/mol. The Bertz CT molecular complexity index is 1030. The van der Waals surface area contributed by atoms with Crippen LogP contribution < -0.4 is 5.32 Å². The number of benzene rings is 2. The van der Waals surface area contributed by atoms with E-state index in [2.05, 4.69) is 5.32 Å². The topological polar surface area (TPSA) is 63.2 Å². The molecule has 2 aromatic carbocycles. The Labute approximate surface area is 167 Å². The van der Waals surface area contributed by atoms with Gasteiger partial charge >= 0.3 is 0 Å². The van der Waals surface area contributed by atoms with Crippen molar-refractivity contribution in [2.45, 2.75) is 17.1 Å². The van der Waals surface area contributed by atoms with E-state index in [1.54, 1.807) is 42.5 Å². The van der Waals surface area contributed by atoms with E-state index in [1.807, 2.05) is 18.4 Å².